The van der Waals surface area contributed by atoms with Crippen LogP contribution in [0.4, 0.5) is 0 Å². The van der Waals surface area contributed by atoms with E-state index in [1.165, 1.54) is 11.8 Å². The van der Waals surface area contributed by atoms with Crippen LogP contribution in [0.2, 0.25) is 0 Å². The summed E-state index contributed by atoms with van der Waals surface area (Å²) >= 11 is 3.33. The molecule has 0 bridgehead atoms. The third kappa shape index (κ3) is 2.58. The van der Waals surface area contributed by atoms with Crippen molar-refractivity contribution in [3.63, 3.8) is 0 Å². The lowest BCUT2D eigenvalue weighted by Gasteiger charge is -2.06. The van der Waals surface area contributed by atoms with E-state index < -0.39 is 10.0 Å². The molecule has 0 aromatic heterocycles. The van der Waals surface area contributed by atoms with Crippen LogP contribution in [0.25, 0.3) is 0 Å². The summed E-state index contributed by atoms with van der Waals surface area (Å²) in [4.78, 5) is 0.914. The normalized spacial score (nSPS) is 11.6. The number of hydrogen-bond acceptors (Lipinski definition) is 3. The molecule has 0 aliphatic heterocycles. The Morgan fingerprint density at radius 1 is 1.46 bits per heavy atom. The van der Waals surface area contributed by atoms with Gasteiger partial charge in [0.1, 0.15) is 4.90 Å². The second-order valence-corrected chi connectivity index (χ2v) is 5.82. The molecule has 0 atom stereocenters. The molecule has 6 heteroatoms. The molecule has 0 aliphatic carbocycles. The van der Waals surface area contributed by atoms with Gasteiger partial charge in [0, 0.05) is 8.47 Å². The number of thioether (sulfide) groups is 1. The summed E-state index contributed by atoms with van der Waals surface area (Å²) < 4.78 is 23.0. The Hall–Kier alpha value is 0.210. The van der Waals surface area contributed by atoms with Crippen LogP contribution in [0.15, 0.2) is 28.0 Å². The fourth-order valence-corrected chi connectivity index (χ4v) is 4.32. The van der Waals surface area contributed by atoms with E-state index in [1.54, 1.807) is 12.1 Å². The summed E-state index contributed by atoms with van der Waals surface area (Å²) in [5, 5.41) is 5.09. The molecule has 0 radical (unpaired) electrons. The van der Waals surface area contributed by atoms with Crippen molar-refractivity contribution < 1.29 is 8.42 Å². The average Bonchev–Trinajstić information content (AvgIpc) is 2.01. The molecule has 0 saturated heterocycles. The number of sulfonamides is 1. The number of primary sulfonamides is 1. The van der Waals surface area contributed by atoms with E-state index in [9.17, 15) is 8.42 Å². The van der Waals surface area contributed by atoms with E-state index in [2.05, 4.69) is 0 Å². The van der Waals surface area contributed by atoms with Crippen molar-refractivity contribution in [1.29, 1.82) is 0 Å². The fourth-order valence-electron chi connectivity index (χ4n) is 0.926. The van der Waals surface area contributed by atoms with Crippen molar-refractivity contribution in [2.24, 2.45) is 5.14 Å². The third-order valence-corrected chi connectivity index (χ3v) is 4.62. The first-order chi connectivity index (χ1) is 5.96. The maximum absolute atomic E-state index is 11.2. The summed E-state index contributed by atoms with van der Waals surface area (Å²) in [6.45, 7) is 0. The van der Waals surface area contributed by atoms with Crippen LogP contribution < -0.4 is 5.14 Å². The van der Waals surface area contributed by atoms with Gasteiger partial charge in [0.2, 0.25) is 10.0 Å². The number of benzene rings is 1. The van der Waals surface area contributed by atoms with Gasteiger partial charge in [-0.25, -0.2) is 13.6 Å². The number of halogens is 1. The molecule has 13 heavy (non-hydrogen) atoms. The van der Waals surface area contributed by atoms with Crippen LogP contribution in [0.3, 0.4) is 0 Å². The Kier molecular flexibility index (Phi) is 3.61. The molecule has 0 spiro atoms. The van der Waals surface area contributed by atoms with E-state index in [0.717, 1.165) is 0 Å². The fraction of sp³-hybridized carbons (Fsp3) is 0.143. The molecule has 2 N–H and O–H groups in total. The van der Waals surface area contributed by atoms with Gasteiger partial charge in [0.25, 0.3) is 0 Å². The highest BCUT2D eigenvalue weighted by atomic mass is 127. The number of nitrogens with two attached hydrogens (primary N) is 1. The van der Waals surface area contributed by atoms with Crippen LogP contribution in [-0.2, 0) is 10.0 Å². The van der Waals surface area contributed by atoms with Gasteiger partial charge in [-0.15, -0.1) is 11.8 Å². The topological polar surface area (TPSA) is 60.2 Å². The largest absolute Gasteiger partial charge is 0.240 e. The summed E-state index contributed by atoms with van der Waals surface area (Å²) in [7, 11) is -3.60. The summed E-state index contributed by atoms with van der Waals surface area (Å²) in [5.41, 5.74) is 0. The van der Waals surface area contributed by atoms with Gasteiger partial charge < -0.3 is 0 Å². The van der Waals surface area contributed by atoms with Crippen LogP contribution in [0.5, 0.6) is 0 Å². The van der Waals surface area contributed by atoms with Crippen molar-refractivity contribution in [2.45, 2.75) is 9.79 Å². The Morgan fingerprint density at radius 3 is 2.46 bits per heavy atom. The molecular weight excluding hydrogens is 321 g/mol. The predicted octanol–water partition coefficient (Wildman–Crippen LogP) is 1.66. The Bertz CT molecular complexity index is 417. The van der Waals surface area contributed by atoms with Gasteiger partial charge in [-0.05, 0) is 41.0 Å². The zero-order valence-electron chi connectivity index (χ0n) is 6.82. The zero-order chi connectivity index (χ0) is 10.1. The second-order valence-electron chi connectivity index (χ2n) is 2.32. The first kappa shape index (κ1) is 11.3. The highest BCUT2D eigenvalue weighted by Gasteiger charge is 2.16. The molecule has 3 nitrogen and oxygen atoms in total. The van der Waals surface area contributed by atoms with Crippen molar-refractivity contribution in [3.05, 3.63) is 21.8 Å². The maximum Gasteiger partial charge on any atom is 0.240 e. The van der Waals surface area contributed by atoms with Gasteiger partial charge in [0.15, 0.2) is 0 Å². The van der Waals surface area contributed by atoms with E-state index in [1.807, 2.05) is 34.9 Å². The summed E-state index contributed by atoms with van der Waals surface area (Å²) in [5.74, 6) is 0. The minimum absolute atomic E-state index is 0.225. The quantitative estimate of drug-likeness (QED) is 0.663. The number of hydrogen-bond donors (Lipinski definition) is 1. The molecule has 0 heterocycles. The third-order valence-electron chi connectivity index (χ3n) is 1.44. The highest BCUT2D eigenvalue weighted by Crippen LogP contribution is 2.27. The maximum atomic E-state index is 11.2. The lowest BCUT2D eigenvalue weighted by Crippen LogP contribution is -2.14. The molecule has 1 aromatic rings. The Labute approximate surface area is 95.3 Å². The standard InChI is InChI=1S/C7H8INO2S2/c1-12-6-4-2-3-5(8)7(6)13(9,10)11/h2-4H,1H3,(H2,9,10,11). The van der Waals surface area contributed by atoms with Gasteiger partial charge in [0.05, 0.1) is 0 Å². The first-order valence-corrected chi connectivity index (χ1v) is 7.17. The molecule has 0 saturated carbocycles. The minimum atomic E-state index is -3.60. The van der Waals surface area contributed by atoms with E-state index >= 15 is 0 Å². The Balaban J connectivity index is 3.50. The van der Waals surface area contributed by atoms with E-state index in [4.69, 9.17) is 5.14 Å². The molecule has 1 aromatic carbocycles. The Morgan fingerprint density at radius 2 is 2.08 bits per heavy atom. The van der Waals surface area contributed by atoms with Gasteiger partial charge in [-0.3, -0.25) is 0 Å². The van der Waals surface area contributed by atoms with Crippen molar-refractivity contribution in [3.8, 4) is 0 Å². The van der Waals surface area contributed by atoms with Crippen molar-refractivity contribution >= 4 is 44.4 Å². The molecule has 0 fully saturated rings. The zero-order valence-corrected chi connectivity index (χ0v) is 10.6. The van der Waals surface area contributed by atoms with Crippen LogP contribution >= 0.6 is 34.4 Å². The van der Waals surface area contributed by atoms with Crippen LogP contribution in [0, 0.1) is 3.57 Å². The molecule has 72 valence electrons. The molecular formula is C7H8INO2S2. The average molecular weight is 329 g/mol. The molecule has 0 unspecified atom stereocenters. The van der Waals surface area contributed by atoms with Crippen molar-refractivity contribution in [2.75, 3.05) is 6.26 Å². The smallest absolute Gasteiger partial charge is 0.225 e. The summed E-state index contributed by atoms with van der Waals surface area (Å²) in [6.07, 6.45) is 1.82. The number of rotatable bonds is 2. The highest BCUT2D eigenvalue weighted by molar-refractivity contribution is 14.1. The minimum Gasteiger partial charge on any atom is -0.225 e. The molecule has 0 aliphatic rings. The van der Waals surface area contributed by atoms with E-state index in [-0.39, 0.29) is 4.90 Å². The van der Waals surface area contributed by atoms with Gasteiger partial charge >= 0.3 is 0 Å². The second kappa shape index (κ2) is 4.16. The first-order valence-electron chi connectivity index (χ1n) is 3.32. The summed E-state index contributed by atoms with van der Waals surface area (Å²) in [6, 6.07) is 5.27. The monoisotopic (exact) mass is 329 g/mol. The van der Waals surface area contributed by atoms with Crippen LogP contribution in [0.1, 0.15) is 0 Å². The predicted molar refractivity (Wildman–Crippen MR) is 62.3 cm³/mol. The molecule has 1 rings (SSSR count). The lowest BCUT2D eigenvalue weighted by atomic mass is 10.4. The van der Waals surface area contributed by atoms with E-state index in [0.29, 0.717) is 8.47 Å². The van der Waals surface area contributed by atoms with Gasteiger partial charge in [-0.2, -0.15) is 0 Å². The van der Waals surface area contributed by atoms with Crippen LogP contribution in [-0.4, -0.2) is 14.7 Å². The lowest BCUT2D eigenvalue weighted by molar-refractivity contribution is 0.595. The SMILES string of the molecule is CSc1cccc(I)c1S(N)(=O)=O. The molecule has 0 amide bonds. The van der Waals surface area contributed by atoms with Gasteiger partial charge in [-0.1, -0.05) is 6.07 Å². The van der Waals surface area contributed by atoms with Crippen molar-refractivity contribution in [1.82, 2.24) is 0 Å².